The molecule has 2 atom stereocenters. The molecule has 0 aromatic heterocycles. The summed E-state index contributed by atoms with van der Waals surface area (Å²) in [7, 11) is 0. The van der Waals surface area contributed by atoms with Crippen LogP contribution in [0.15, 0.2) is 24.3 Å². The minimum absolute atomic E-state index is 0.0289. The molecular formula is C49H93NO5. The largest absolute Gasteiger partial charge is 0.466 e. The van der Waals surface area contributed by atoms with Crippen molar-refractivity contribution in [1.82, 2.24) is 5.32 Å². The van der Waals surface area contributed by atoms with Crippen molar-refractivity contribution in [2.45, 2.75) is 264 Å². The second kappa shape index (κ2) is 45.0. The first kappa shape index (κ1) is 53.3. The molecule has 0 aliphatic rings. The molecule has 0 fully saturated rings. The summed E-state index contributed by atoms with van der Waals surface area (Å²) in [6.07, 6.45) is 51.6. The zero-order chi connectivity index (χ0) is 40.1. The Morgan fingerprint density at radius 1 is 0.491 bits per heavy atom. The first-order valence-electron chi connectivity index (χ1n) is 24.1. The van der Waals surface area contributed by atoms with Crippen molar-refractivity contribution in [1.29, 1.82) is 0 Å². The topological polar surface area (TPSA) is 95.9 Å². The normalized spacial score (nSPS) is 12.9. The molecule has 0 aromatic carbocycles. The van der Waals surface area contributed by atoms with E-state index in [9.17, 15) is 19.8 Å². The highest BCUT2D eigenvalue weighted by atomic mass is 16.5. The minimum atomic E-state index is -0.857. The van der Waals surface area contributed by atoms with Crippen molar-refractivity contribution in [3.63, 3.8) is 0 Å². The fourth-order valence-electron chi connectivity index (χ4n) is 7.21. The highest BCUT2D eigenvalue weighted by Gasteiger charge is 2.18. The zero-order valence-electron chi connectivity index (χ0n) is 36.7. The van der Waals surface area contributed by atoms with Crippen LogP contribution in [0.1, 0.15) is 251 Å². The van der Waals surface area contributed by atoms with Gasteiger partial charge in [0.2, 0.25) is 5.91 Å². The van der Waals surface area contributed by atoms with E-state index in [2.05, 4.69) is 31.3 Å². The van der Waals surface area contributed by atoms with Crippen LogP contribution in [0.2, 0.25) is 0 Å². The predicted molar refractivity (Wildman–Crippen MR) is 236 cm³/mol. The van der Waals surface area contributed by atoms with Gasteiger partial charge >= 0.3 is 5.97 Å². The second-order valence-corrected chi connectivity index (χ2v) is 16.4. The molecular weight excluding hydrogens is 683 g/mol. The SMILES string of the molecule is CCCCCCCCC/C=C\CCCCCCCC(=O)OCCCCCCCCCCCCC(=O)NC(CO)C(O)/C=C/CCCCCCCCCCCC. The monoisotopic (exact) mass is 776 g/mol. The van der Waals surface area contributed by atoms with Crippen LogP contribution < -0.4 is 5.32 Å². The van der Waals surface area contributed by atoms with Gasteiger partial charge in [-0.05, 0) is 57.8 Å². The first-order valence-corrected chi connectivity index (χ1v) is 24.1. The van der Waals surface area contributed by atoms with Gasteiger partial charge in [-0.25, -0.2) is 0 Å². The Hall–Kier alpha value is -1.66. The van der Waals surface area contributed by atoms with Crippen LogP contribution in [0, 0.1) is 0 Å². The van der Waals surface area contributed by atoms with Crippen LogP contribution in [0.5, 0.6) is 0 Å². The Bertz CT molecular complexity index is 858. The zero-order valence-corrected chi connectivity index (χ0v) is 36.7. The molecule has 0 bridgehead atoms. The standard InChI is InChI=1S/C49H93NO5/c1-3-5-7-9-11-13-15-17-18-19-20-22-27-31-35-39-43-49(54)55-44-40-36-32-28-24-23-26-30-34-38-42-48(53)50-46(45-51)47(52)41-37-33-29-25-21-16-14-12-10-8-6-4-2/h18-19,37,41,46-47,51-52H,3-17,20-36,38-40,42-45H2,1-2H3,(H,50,53)/b19-18-,41-37+. The van der Waals surface area contributed by atoms with Gasteiger partial charge in [0.1, 0.15) is 0 Å². The van der Waals surface area contributed by atoms with E-state index < -0.39 is 12.1 Å². The number of carbonyl (C=O) groups excluding carboxylic acids is 2. The molecule has 6 heteroatoms. The molecule has 55 heavy (non-hydrogen) atoms. The van der Waals surface area contributed by atoms with E-state index in [0.717, 1.165) is 57.8 Å². The number of aliphatic hydroxyl groups excluding tert-OH is 2. The van der Waals surface area contributed by atoms with Gasteiger partial charge < -0.3 is 20.3 Å². The molecule has 0 aliphatic carbocycles. The number of allylic oxidation sites excluding steroid dienone is 3. The number of hydrogen-bond donors (Lipinski definition) is 3. The Morgan fingerprint density at radius 3 is 1.29 bits per heavy atom. The lowest BCUT2D eigenvalue weighted by molar-refractivity contribution is -0.143. The molecule has 1 amide bonds. The summed E-state index contributed by atoms with van der Waals surface area (Å²) in [6, 6.07) is -0.643. The van der Waals surface area contributed by atoms with Gasteiger partial charge in [-0.2, -0.15) is 0 Å². The summed E-state index contributed by atoms with van der Waals surface area (Å²) in [5, 5.41) is 22.9. The highest BCUT2D eigenvalue weighted by molar-refractivity contribution is 5.76. The third-order valence-corrected chi connectivity index (χ3v) is 11.0. The van der Waals surface area contributed by atoms with Gasteiger partial charge in [-0.15, -0.1) is 0 Å². The molecule has 0 heterocycles. The molecule has 0 rings (SSSR count). The third kappa shape index (κ3) is 41.8. The summed E-state index contributed by atoms with van der Waals surface area (Å²) in [5.41, 5.74) is 0. The van der Waals surface area contributed by atoms with Crippen molar-refractivity contribution in [2.24, 2.45) is 0 Å². The smallest absolute Gasteiger partial charge is 0.305 e. The lowest BCUT2D eigenvalue weighted by Crippen LogP contribution is -2.45. The van der Waals surface area contributed by atoms with Gasteiger partial charge in [0.15, 0.2) is 0 Å². The van der Waals surface area contributed by atoms with E-state index in [0.29, 0.717) is 19.4 Å². The van der Waals surface area contributed by atoms with Gasteiger partial charge in [-0.3, -0.25) is 9.59 Å². The number of nitrogens with one attached hydrogen (secondary N) is 1. The number of ether oxygens (including phenoxy) is 1. The summed E-state index contributed by atoms with van der Waals surface area (Å²) >= 11 is 0. The number of aliphatic hydroxyl groups is 2. The lowest BCUT2D eigenvalue weighted by Gasteiger charge is -2.20. The van der Waals surface area contributed by atoms with Crippen molar-refractivity contribution in [2.75, 3.05) is 13.2 Å². The van der Waals surface area contributed by atoms with E-state index in [1.165, 1.54) is 167 Å². The van der Waals surface area contributed by atoms with Crippen LogP contribution in [0.3, 0.4) is 0 Å². The number of hydrogen-bond acceptors (Lipinski definition) is 5. The lowest BCUT2D eigenvalue weighted by atomic mass is 10.0. The molecule has 0 spiro atoms. The predicted octanol–water partition coefficient (Wildman–Crippen LogP) is 14.0. The Morgan fingerprint density at radius 2 is 0.855 bits per heavy atom. The van der Waals surface area contributed by atoms with Crippen LogP contribution in [0.4, 0.5) is 0 Å². The van der Waals surface area contributed by atoms with E-state index in [1.807, 2.05) is 6.08 Å². The van der Waals surface area contributed by atoms with Crippen LogP contribution >= 0.6 is 0 Å². The maximum absolute atomic E-state index is 12.4. The quantitative estimate of drug-likeness (QED) is 0.0325. The number of carbonyl (C=O) groups is 2. The molecule has 3 N–H and O–H groups in total. The van der Waals surface area contributed by atoms with Crippen LogP contribution in [-0.2, 0) is 14.3 Å². The summed E-state index contributed by atoms with van der Waals surface area (Å²) in [6.45, 7) is 4.83. The summed E-state index contributed by atoms with van der Waals surface area (Å²) < 4.78 is 5.45. The van der Waals surface area contributed by atoms with E-state index >= 15 is 0 Å². The van der Waals surface area contributed by atoms with Gasteiger partial charge in [-0.1, -0.05) is 205 Å². The molecule has 2 unspecified atom stereocenters. The summed E-state index contributed by atoms with van der Waals surface area (Å²) in [4.78, 5) is 24.4. The number of rotatable bonds is 44. The van der Waals surface area contributed by atoms with Gasteiger partial charge in [0.25, 0.3) is 0 Å². The number of amides is 1. The summed E-state index contributed by atoms with van der Waals surface area (Å²) in [5.74, 6) is -0.121. The first-order chi connectivity index (χ1) is 27.0. The fraction of sp³-hybridized carbons (Fsp3) is 0.878. The van der Waals surface area contributed by atoms with E-state index in [4.69, 9.17) is 4.74 Å². The maximum Gasteiger partial charge on any atom is 0.305 e. The highest BCUT2D eigenvalue weighted by Crippen LogP contribution is 2.15. The molecule has 324 valence electrons. The Labute approximate surface area is 341 Å². The average molecular weight is 776 g/mol. The molecule has 0 saturated heterocycles. The molecule has 0 aliphatic heterocycles. The third-order valence-electron chi connectivity index (χ3n) is 11.0. The van der Waals surface area contributed by atoms with Crippen molar-refractivity contribution < 1.29 is 24.5 Å². The minimum Gasteiger partial charge on any atom is -0.466 e. The van der Waals surface area contributed by atoms with Gasteiger partial charge in [0.05, 0.1) is 25.4 Å². The maximum atomic E-state index is 12.4. The fourth-order valence-corrected chi connectivity index (χ4v) is 7.21. The van der Waals surface area contributed by atoms with Crippen molar-refractivity contribution >= 4 is 11.9 Å². The van der Waals surface area contributed by atoms with Crippen LogP contribution in [0.25, 0.3) is 0 Å². The number of esters is 1. The average Bonchev–Trinajstić information content (AvgIpc) is 3.18. The molecule has 0 radical (unpaired) electrons. The Kier molecular flexibility index (Phi) is 43.7. The van der Waals surface area contributed by atoms with E-state index in [1.54, 1.807) is 6.08 Å². The Balaban J connectivity index is 3.51. The molecule has 6 nitrogen and oxygen atoms in total. The number of unbranched alkanes of at least 4 members (excludes halogenated alkanes) is 31. The van der Waals surface area contributed by atoms with E-state index in [-0.39, 0.29) is 18.5 Å². The van der Waals surface area contributed by atoms with Crippen molar-refractivity contribution in [3.05, 3.63) is 24.3 Å². The van der Waals surface area contributed by atoms with Crippen molar-refractivity contribution in [3.8, 4) is 0 Å². The van der Waals surface area contributed by atoms with Gasteiger partial charge in [0, 0.05) is 12.8 Å². The molecule has 0 saturated carbocycles. The second-order valence-electron chi connectivity index (χ2n) is 16.4. The van der Waals surface area contributed by atoms with Crippen LogP contribution in [-0.4, -0.2) is 47.4 Å². The molecule has 0 aromatic rings.